The van der Waals surface area contributed by atoms with Gasteiger partial charge in [0.25, 0.3) is 0 Å². The molecule has 1 N–H and O–H groups in total. The summed E-state index contributed by atoms with van der Waals surface area (Å²) in [5.41, 5.74) is 1.21. The van der Waals surface area contributed by atoms with Crippen molar-refractivity contribution in [1.82, 2.24) is 4.98 Å². The van der Waals surface area contributed by atoms with Crippen molar-refractivity contribution in [2.75, 3.05) is 6.61 Å². The minimum Gasteiger partial charge on any atom is -0.395 e. The van der Waals surface area contributed by atoms with Gasteiger partial charge in [-0.25, -0.2) is 0 Å². The van der Waals surface area contributed by atoms with Crippen LogP contribution in [-0.2, 0) is 5.75 Å². The molecular formula is C9H13NOS. The van der Waals surface area contributed by atoms with Crippen LogP contribution in [0.2, 0.25) is 0 Å². The summed E-state index contributed by atoms with van der Waals surface area (Å²) in [6.45, 7) is 2.26. The minimum atomic E-state index is 0.241. The highest BCUT2D eigenvalue weighted by molar-refractivity contribution is 7.99. The van der Waals surface area contributed by atoms with Crippen molar-refractivity contribution >= 4 is 11.8 Å². The number of nitrogens with zero attached hydrogens (tertiary/aromatic N) is 1. The molecule has 1 aromatic heterocycles. The van der Waals surface area contributed by atoms with Gasteiger partial charge in [-0.2, -0.15) is 11.8 Å². The number of hydrogen-bond acceptors (Lipinski definition) is 3. The Kier molecular flexibility index (Phi) is 4.11. The Balaban J connectivity index is 2.33. The van der Waals surface area contributed by atoms with E-state index >= 15 is 0 Å². The van der Waals surface area contributed by atoms with Gasteiger partial charge < -0.3 is 5.11 Å². The molecule has 0 aromatic carbocycles. The Bertz CT molecular complexity index is 215. The molecule has 0 spiro atoms. The number of aromatic nitrogens is 1. The van der Waals surface area contributed by atoms with Gasteiger partial charge in [-0.15, -0.1) is 0 Å². The molecule has 0 saturated carbocycles. The average Bonchev–Trinajstić information content (AvgIpc) is 2.16. The maximum atomic E-state index is 8.78. The van der Waals surface area contributed by atoms with E-state index in [4.69, 9.17) is 5.11 Å². The third-order valence-electron chi connectivity index (χ3n) is 1.51. The monoisotopic (exact) mass is 183 g/mol. The van der Waals surface area contributed by atoms with Crippen LogP contribution in [0.4, 0.5) is 0 Å². The Labute approximate surface area is 77.0 Å². The molecule has 0 fully saturated rings. The van der Waals surface area contributed by atoms with Gasteiger partial charge in [0.15, 0.2) is 0 Å². The molecular weight excluding hydrogens is 170 g/mol. The van der Waals surface area contributed by atoms with Crippen molar-refractivity contribution in [3.63, 3.8) is 0 Å². The molecule has 3 heteroatoms. The third kappa shape index (κ3) is 3.24. The van der Waals surface area contributed by atoms with Crippen molar-refractivity contribution in [3.8, 4) is 0 Å². The summed E-state index contributed by atoms with van der Waals surface area (Å²) in [6, 6.07) is 3.98. The quantitative estimate of drug-likeness (QED) is 0.771. The number of aliphatic hydroxyl groups is 1. The SMILES string of the molecule is CC(CO)SCc1cccnc1. The Morgan fingerprint density at radius 3 is 3.08 bits per heavy atom. The molecule has 0 radical (unpaired) electrons. The molecule has 0 aliphatic rings. The van der Waals surface area contributed by atoms with E-state index in [0.29, 0.717) is 5.25 Å². The molecule has 0 bridgehead atoms. The largest absolute Gasteiger partial charge is 0.395 e. The van der Waals surface area contributed by atoms with E-state index in [2.05, 4.69) is 4.98 Å². The minimum absolute atomic E-state index is 0.241. The van der Waals surface area contributed by atoms with Crippen LogP contribution in [0.3, 0.4) is 0 Å². The van der Waals surface area contributed by atoms with Gasteiger partial charge in [0.2, 0.25) is 0 Å². The van der Waals surface area contributed by atoms with Crippen LogP contribution < -0.4 is 0 Å². The van der Waals surface area contributed by atoms with Crippen LogP contribution >= 0.6 is 11.8 Å². The van der Waals surface area contributed by atoms with Gasteiger partial charge in [-0.1, -0.05) is 13.0 Å². The van der Waals surface area contributed by atoms with Crippen molar-refractivity contribution in [3.05, 3.63) is 30.1 Å². The summed E-state index contributed by atoms with van der Waals surface area (Å²) in [5.74, 6) is 0.926. The highest BCUT2D eigenvalue weighted by Gasteiger charge is 2.00. The van der Waals surface area contributed by atoms with Crippen molar-refractivity contribution in [2.45, 2.75) is 17.9 Å². The van der Waals surface area contributed by atoms with Crippen molar-refractivity contribution in [1.29, 1.82) is 0 Å². The van der Waals surface area contributed by atoms with Crippen LogP contribution in [-0.4, -0.2) is 21.9 Å². The lowest BCUT2D eigenvalue weighted by atomic mass is 10.3. The fourth-order valence-electron chi connectivity index (χ4n) is 0.775. The molecule has 66 valence electrons. The number of aliphatic hydroxyl groups excluding tert-OH is 1. The Morgan fingerprint density at radius 2 is 2.50 bits per heavy atom. The summed E-state index contributed by atoms with van der Waals surface area (Å²) in [7, 11) is 0. The number of rotatable bonds is 4. The van der Waals surface area contributed by atoms with Gasteiger partial charge in [0.05, 0.1) is 6.61 Å². The van der Waals surface area contributed by atoms with Crippen molar-refractivity contribution < 1.29 is 5.11 Å². The van der Waals surface area contributed by atoms with Crippen LogP contribution in [0.5, 0.6) is 0 Å². The van der Waals surface area contributed by atoms with Gasteiger partial charge in [-0.05, 0) is 11.6 Å². The molecule has 0 amide bonds. The van der Waals surface area contributed by atoms with E-state index in [0.717, 1.165) is 5.75 Å². The molecule has 1 rings (SSSR count). The second-order valence-corrected chi connectivity index (χ2v) is 4.09. The van der Waals surface area contributed by atoms with E-state index in [9.17, 15) is 0 Å². The molecule has 1 atom stereocenters. The summed E-state index contributed by atoms with van der Waals surface area (Å²) in [5, 5.41) is 9.09. The summed E-state index contributed by atoms with van der Waals surface area (Å²) in [4.78, 5) is 4.01. The van der Waals surface area contributed by atoms with E-state index < -0.39 is 0 Å². The summed E-state index contributed by atoms with van der Waals surface area (Å²) < 4.78 is 0. The molecule has 0 saturated heterocycles. The second kappa shape index (κ2) is 5.17. The fourth-order valence-corrected chi connectivity index (χ4v) is 1.53. The smallest absolute Gasteiger partial charge is 0.0547 e. The maximum absolute atomic E-state index is 8.78. The van der Waals surface area contributed by atoms with E-state index in [1.54, 1.807) is 18.0 Å². The first-order valence-corrected chi connectivity index (χ1v) is 4.99. The predicted octanol–water partition coefficient (Wildman–Crippen LogP) is 1.70. The van der Waals surface area contributed by atoms with Crippen LogP contribution in [0.25, 0.3) is 0 Å². The van der Waals surface area contributed by atoms with Crippen molar-refractivity contribution in [2.24, 2.45) is 0 Å². The van der Waals surface area contributed by atoms with E-state index in [1.807, 2.05) is 25.3 Å². The second-order valence-electron chi connectivity index (χ2n) is 2.67. The standard InChI is InChI=1S/C9H13NOS/c1-8(6-11)12-7-9-3-2-4-10-5-9/h2-5,8,11H,6-7H2,1H3. The normalized spacial score (nSPS) is 12.8. The molecule has 1 aromatic rings. The molecule has 1 heterocycles. The molecule has 1 unspecified atom stereocenters. The summed E-state index contributed by atoms with van der Waals surface area (Å²) >= 11 is 1.74. The zero-order valence-corrected chi connectivity index (χ0v) is 7.92. The predicted molar refractivity (Wildman–Crippen MR) is 52.1 cm³/mol. The van der Waals surface area contributed by atoms with Gasteiger partial charge in [0, 0.05) is 23.4 Å². The lowest BCUT2D eigenvalue weighted by Crippen LogP contribution is -2.02. The fraction of sp³-hybridized carbons (Fsp3) is 0.444. The van der Waals surface area contributed by atoms with Crippen LogP contribution in [0.15, 0.2) is 24.5 Å². The van der Waals surface area contributed by atoms with E-state index in [-0.39, 0.29) is 6.61 Å². The molecule has 2 nitrogen and oxygen atoms in total. The lowest BCUT2D eigenvalue weighted by Gasteiger charge is -2.06. The van der Waals surface area contributed by atoms with Crippen LogP contribution in [0.1, 0.15) is 12.5 Å². The van der Waals surface area contributed by atoms with Crippen LogP contribution in [0, 0.1) is 0 Å². The molecule has 0 aliphatic carbocycles. The first-order chi connectivity index (χ1) is 5.83. The number of thioether (sulfide) groups is 1. The highest BCUT2D eigenvalue weighted by atomic mass is 32.2. The topological polar surface area (TPSA) is 33.1 Å². The Hall–Kier alpha value is -0.540. The maximum Gasteiger partial charge on any atom is 0.0547 e. The zero-order valence-electron chi connectivity index (χ0n) is 7.10. The lowest BCUT2D eigenvalue weighted by molar-refractivity contribution is 0.300. The van der Waals surface area contributed by atoms with E-state index in [1.165, 1.54) is 5.56 Å². The first-order valence-electron chi connectivity index (χ1n) is 3.94. The highest BCUT2D eigenvalue weighted by Crippen LogP contribution is 2.15. The van der Waals surface area contributed by atoms with Gasteiger partial charge >= 0.3 is 0 Å². The summed E-state index contributed by atoms with van der Waals surface area (Å²) in [6.07, 6.45) is 3.63. The third-order valence-corrected chi connectivity index (χ3v) is 2.73. The average molecular weight is 183 g/mol. The molecule has 0 aliphatic heterocycles. The number of pyridine rings is 1. The Morgan fingerprint density at radius 1 is 1.67 bits per heavy atom. The zero-order chi connectivity index (χ0) is 8.81. The number of hydrogen-bond donors (Lipinski definition) is 1. The van der Waals surface area contributed by atoms with Gasteiger partial charge in [-0.3, -0.25) is 4.98 Å². The molecule has 12 heavy (non-hydrogen) atoms. The van der Waals surface area contributed by atoms with Gasteiger partial charge in [0.1, 0.15) is 0 Å². The first kappa shape index (κ1) is 9.55.